The van der Waals surface area contributed by atoms with Crippen LogP contribution in [0.1, 0.15) is 46.1 Å². The van der Waals surface area contributed by atoms with Gasteiger partial charge in [0.15, 0.2) is 5.43 Å². The molecule has 4 aromatic rings. The highest BCUT2D eigenvalue weighted by Crippen LogP contribution is 2.18. The van der Waals surface area contributed by atoms with Gasteiger partial charge in [-0.2, -0.15) is 0 Å². The summed E-state index contributed by atoms with van der Waals surface area (Å²) in [6, 6.07) is 16.4. The second kappa shape index (κ2) is 10.2. The minimum atomic E-state index is -0.457. The molecule has 0 saturated heterocycles. The van der Waals surface area contributed by atoms with E-state index >= 15 is 0 Å². The Bertz CT molecular complexity index is 1360. The maximum Gasteiger partial charge on any atom is 0.257 e. The zero-order chi connectivity index (χ0) is 24.2. The van der Waals surface area contributed by atoms with Crippen LogP contribution in [-0.2, 0) is 24.3 Å². The molecule has 2 aromatic heterocycles. The lowest BCUT2D eigenvalue weighted by molar-refractivity contribution is 0.0929. The quantitative estimate of drug-likeness (QED) is 0.388. The zero-order valence-electron chi connectivity index (χ0n) is 19.4. The summed E-state index contributed by atoms with van der Waals surface area (Å²) in [5, 5.41) is 3.59. The smallest absolute Gasteiger partial charge is 0.257 e. The van der Waals surface area contributed by atoms with Crippen LogP contribution in [0.4, 0.5) is 0 Å². The number of hydrogen-bond acceptors (Lipinski definition) is 4. The van der Waals surface area contributed by atoms with Crippen molar-refractivity contribution in [2.75, 3.05) is 7.11 Å². The van der Waals surface area contributed by atoms with Gasteiger partial charge in [0, 0.05) is 30.4 Å². The number of nitrogens with one attached hydrogen (secondary N) is 2. The van der Waals surface area contributed by atoms with E-state index in [1.54, 1.807) is 7.11 Å². The Hall–Kier alpha value is -3.42. The standard InChI is InChI=1S/C26H27ClN4O3/c1-16-13-23(32)24(22(15-34-3)31(16)12-11-18-7-6-8-19(27)14-18)26(33)28-17(2)25-29-20-9-4-5-10-21(20)30-25/h4-10,13-14,17H,11-12,15H2,1-3H3,(H,28,33)(H,29,30). The van der Waals surface area contributed by atoms with Crippen LogP contribution >= 0.6 is 11.6 Å². The van der Waals surface area contributed by atoms with Crippen LogP contribution in [0.2, 0.25) is 5.02 Å². The summed E-state index contributed by atoms with van der Waals surface area (Å²) in [5.41, 5.74) is 3.83. The van der Waals surface area contributed by atoms with Crippen molar-refractivity contribution < 1.29 is 9.53 Å². The van der Waals surface area contributed by atoms with Crippen LogP contribution < -0.4 is 10.7 Å². The van der Waals surface area contributed by atoms with E-state index in [1.807, 2.05) is 66.9 Å². The highest BCUT2D eigenvalue weighted by molar-refractivity contribution is 6.30. The molecular formula is C26H27ClN4O3. The third-order valence-electron chi connectivity index (χ3n) is 5.81. The van der Waals surface area contributed by atoms with Crippen molar-refractivity contribution in [2.24, 2.45) is 0 Å². The van der Waals surface area contributed by atoms with Crippen LogP contribution in [0, 0.1) is 6.92 Å². The Morgan fingerprint density at radius 3 is 2.74 bits per heavy atom. The predicted molar refractivity (Wildman–Crippen MR) is 133 cm³/mol. The fourth-order valence-corrected chi connectivity index (χ4v) is 4.33. The highest BCUT2D eigenvalue weighted by Gasteiger charge is 2.23. The van der Waals surface area contributed by atoms with E-state index in [1.165, 1.54) is 6.07 Å². The minimum absolute atomic E-state index is 0.0847. The van der Waals surface area contributed by atoms with Crippen molar-refractivity contribution in [3.63, 3.8) is 0 Å². The first-order valence-electron chi connectivity index (χ1n) is 11.1. The molecule has 0 aliphatic rings. The largest absolute Gasteiger partial charge is 0.378 e. The second-order valence-corrected chi connectivity index (χ2v) is 8.71. The molecule has 2 N–H and O–H groups in total. The van der Waals surface area contributed by atoms with Gasteiger partial charge in [0.25, 0.3) is 5.91 Å². The summed E-state index contributed by atoms with van der Waals surface area (Å²) in [6.45, 7) is 4.40. The maximum absolute atomic E-state index is 13.3. The molecule has 0 spiro atoms. The number of carbonyl (C=O) groups is 1. The number of aromatic nitrogens is 3. The molecule has 0 aliphatic carbocycles. The van der Waals surface area contributed by atoms with Crippen molar-refractivity contribution >= 4 is 28.5 Å². The number of fused-ring (bicyclic) bond motifs is 1. The number of aryl methyl sites for hydroxylation is 2. The fourth-order valence-electron chi connectivity index (χ4n) is 4.12. The molecule has 4 rings (SSSR count). The first-order chi connectivity index (χ1) is 16.4. The average Bonchev–Trinajstić information content (AvgIpc) is 3.23. The molecule has 1 atom stereocenters. The lowest BCUT2D eigenvalue weighted by Crippen LogP contribution is -2.35. The summed E-state index contributed by atoms with van der Waals surface area (Å²) < 4.78 is 7.36. The molecule has 176 valence electrons. The average molecular weight is 479 g/mol. The van der Waals surface area contributed by atoms with E-state index in [0.717, 1.165) is 22.3 Å². The van der Waals surface area contributed by atoms with E-state index < -0.39 is 11.9 Å². The van der Waals surface area contributed by atoms with Crippen molar-refractivity contribution in [3.8, 4) is 0 Å². The highest BCUT2D eigenvalue weighted by atomic mass is 35.5. The number of ether oxygens (including phenoxy) is 1. The summed E-state index contributed by atoms with van der Waals surface area (Å²) in [5.74, 6) is 0.165. The van der Waals surface area contributed by atoms with Crippen molar-refractivity contribution in [1.29, 1.82) is 0 Å². The van der Waals surface area contributed by atoms with E-state index in [4.69, 9.17) is 16.3 Å². The number of methoxy groups -OCH3 is 1. The Morgan fingerprint density at radius 1 is 1.21 bits per heavy atom. The van der Waals surface area contributed by atoms with Gasteiger partial charge >= 0.3 is 0 Å². The molecule has 1 unspecified atom stereocenters. The normalized spacial score (nSPS) is 12.1. The van der Waals surface area contributed by atoms with E-state index in [2.05, 4.69) is 15.3 Å². The number of amides is 1. The molecular weight excluding hydrogens is 452 g/mol. The number of hydrogen-bond donors (Lipinski definition) is 2. The summed E-state index contributed by atoms with van der Waals surface area (Å²) in [4.78, 5) is 34.0. The Labute approximate surface area is 202 Å². The van der Waals surface area contributed by atoms with Gasteiger partial charge < -0.3 is 19.6 Å². The molecule has 2 aromatic carbocycles. The molecule has 8 heteroatoms. The number of para-hydroxylation sites is 2. The van der Waals surface area contributed by atoms with Crippen LogP contribution in [0.25, 0.3) is 11.0 Å². The number of carbonyl (C=O) groups excluding carboxylic acids is 1. The number of nitrogens with zero attached hydrogens (tertiary/aromatic N) is 2. The van der Waals surface area contributed by atoms with Gasteiger partial charge in [-0.3, -0.25) is 9.59 Å². The van der Waals surface area contributed by atoms with Crippen molar-refractivity contribution in [1.82, 2.24) is 19.9 Å². The number of rotatable bonds is 8. The molecule has 0 bridgehead atoms. The maximum atomic E-state index is 13.3. The van der Waals surface area contributed by atoms with Gasteiger partial charge in [0.1, 0.15) is 11.4 Å². The minimum Gasteiger partial charge on any atom is -0.378 e. The first-order valence-corrected chi connectivity index (χ1v) is 11.5. The van der Waals surface area contributed by atoms with Gasteiger partial charge in [-0.15, -0.1) is 0 Å². The fraction of sp³-hybridized carbons (Fsp3) is 0.269. The molecule has 34 heavy (non-hydrogen) atoms. The monoisotopic (exact) mass is 478 g/mol. The van der Waals surface area contributed by atoms with Gasteiger partial charge in [0.2, 0.25) is 0 Å². The number of benzene rings is 2. The zero-order valence-corrected chi connectivity index (χ0v) is 20.1. The topological polar surface area (TPSA) is 89.0 Å². The van der Waals surface area contributed by atoms with Crippen LogP contribution in [0.15, 0.2) is 59.4 Å². The van der Waals surface area contributed by atoms with E-state index in [0.29, 0.717) is 29.5 Å². The van der Waals surface area contributed by atoms with Gasteiger partial charge in [-0.1, -0.05) is 35.9 Å². The Morgan fingerprint density at radius 2 is 2.00 bits per heavy atom. The molecule has 7 nitrogen and oxygen atoms in total. The van der Waals surface area contributed by atoms with E-state index in [-0.39, 0.29) is 17.6 Å². The number of pyridine rings is 1. The number of halogens is 1. The molecule has 1 amide bonds. The van der Waals surface area contributed by atoms with Gasteiger partial charge in [-0.05, 0) is 50.1 Å². The van der Waals surface area contributed by atoms with Crippen LogP contribution in [0.5, 0.6) is 0 Å². The number of H-pyrrole nitrogens is 1. The molecule has 0 radical (unpaired) electrons. The number of imidazole rings is 1. The molecule has 0 saturated carbocycles. The van der Waals surface area contributed by atoms with Crippen LogP contribution in [0.3, 0.4) is 0 Å². The lowest BCUT2D eigenvalue weighted by atomic mass is 10.1. The van der Waals surface area contributed by atoms with Crippen LogP contribution in [-0.4, -0.2) is 27.6 Å². The third kappa shape index (κ3) is 5.05. The SMILES string of the molecule is COCc1c(C(=O)NC(C)c2nc3ccccc3[nH]2)c(=O)cc(C)n1CCc1cccc(Cl)c1. The lowest BCUT2D eigenvalue weighted by Gasteiger charge is -2.20. The van der Waals surface area contributed by atoms with Crippen molar-refractivity contribution in [3.05, 3.63) is 98.2 Å². The van der Waals surface area contributed by atoms with Gasteiger partial charge in [-0.25, -0.2) is 4.98 Å². The molecule has 0 fully saturated rings. The summed E-state index contributed by atoms with van der Waals surface area (Å²) >= 11 is 6.12. The second-order valence-electron chi connectivity index (χ2n) is 8.27. The number of aromatic amines is 1. The third-order valence-corrected chi connectivity index (χ3v) is 6.05. The first kappa shape index (κ1) is 23.7. The van der Waals surface area contributed by atoms with Gasteiger partial charge in [0.05, 0.1) is 29.4 Å². The summed E-state index contributed by atoms with van der Waals surface area (Å²) in [7, 11) is 1.55. The Balaban J connectivity index is 1.63. The summed E-state index contributed by atoms with van der Waals surface area (Å²) in [6.07, 6.45) is 0.692. The van der Waals surface area contributed by atoms with Crippen molar-refractivity contribution in [2.45, 2.75) is 39.5 Å². The molecule has 0 aliphatic heterocycles. The molecule has 2 heterocycles. The Kier molecular flexibility index (Phi) is 7.14. The van der Waals surface area contributed by atoms with E-state index in [9.17, 15) is 9.59 Å². The predicted octanol–water partition coefficient (Wildman–Crippen LogP) is 4.57.